The normalized spacial score (nSPS) is 10.5. The maximum Gasteiger partial charge on any atom is 0.303 e. The molecule has 0 radical (unpaired) electrons. The summed E-state index contributed by atoms with van der Waals surface area (Å²) in [7, 11) is 0. The van der Waals surface area contributed by atoms with Crippen molar-refractivity contribution in [2.45, 2.75) is 19.3 Å². The molecule has 0 aliphatic rings. The van der Waals surface area contributed by atoms with E-state index in [9.17, 15) is 14.4 Å². The van der Waals surface area contributed by atoms with Crippen molar-refractivity contribution in [3.05, 3.63) is 77.9 Å². The SMILES string of the molecule is O=C(O)CCCCNC(=O)c1ccccc1NC(=O)c1ccc2ccccc2c1. The minimum Gasteiger partial charge on any atom is -0.481 e. The number of unbranched alkanes of at least 4 members (excludes halogenated alkanes) is 1. The van der Waals surface area contributed by atoms with Crippen LogP contribution in [-0.2, 0) is 4.79 Å². The van der Waals surface area contributed by atoms with Gasteiger partial charge in [-0.25, -0.2) is 0 Å². The Morgan fingerprint density at radius 1 is 0.793 bits per heavy atom. The summed E-state index contributed by atoms with van der Waals surface area (Å²) in [5, 5.41) is 16.2. The summed E-state index contributed by atoms with van der Waals surface area (Å²) in [5.74, 6) is -1.45. The number of hydrogen-bond acceptors (Lipinski definition) is 3. The smallest absolute Gasteiger partial charge is 0.303 e. The number of fused-ring (bicyclic) bond motifs is 1. The van der Waals surface area contributed by atoms with Crippen LogP contribution in [0.1, 0.15) is 40.0 Å². The molecule has 0 aliphatic heterocycles. The molecule has 2 amide bonds. The van der Waals surface area contributed by atoms with Gasteiger partial charge in [0.15, 0.2) is 0 Å². The van der Waals surface area contributed by atoms with Gasteiger partial charge in [0.25, 0.3) is 11.8 Å². The Bertz CT molecular complexity index is 1050. The van der Waals surface area contributed by atoms with Gasteiger partial charge in [-0.15, -0.1) is 0 Å². The monoisotopic (exact) mass is 390 g/mol. The van der Waals surface area contributed by atoms with Gasteiger partial charge in [-0.05, 0) is 47.9 Å². The minimum absolute atomic E-state index is 0.0777. The van der Waals surface area contributed by atoms with Crippen LogP contribution in [0.3, 0.4) is 0 Å². The number of hydrogen-bond donors (Lipinski definition) is 3. The maximum atomic E-state index is 12.7. The quantitative estimate of drug-likeness (QED) is 0.505. The molecule has 3 rings (SSSR count). The molecular formula is C23H22N2O4. The highest BCUT2D eigenvalue weighted by atomic mass is 16.4. The number of rotatable bonds is 8. The zero-order valence-corrected chi connectivity index (χ0v) is 15.9. The van der Waals surface area contributed by atoms with Crippen molar-refractivity contribution < 1.29 is 19.5 Å². The summed E-state index contributed by atoms with van der Waals surface area (Å²) in [5.41, 5.74) is 1.29. The lowest BCUT2D eigenvalue weighted by Crippen LogP contribution is -2.26. The van der Waals surface area contributed by atoms with Crippen molar-refractivity contribution in [1.29, 1.82) is 0 Å². The average molecular weight is 390 g/mol. The Hall–Kier alpha value is -3.67. The number of para-hydroxylation sites is 1. The maximum absolute atomic E-state index is 12.7. The molecule has 0 heterocycles. The van der Waals surface area contributed by atoms with Crippen molar-refractivity contribution in [2.75, 3.05) is 11.9 Å². The van der Waals surface area contributed by atoms with Crippen molar-refractivity contribution in [3.63, 3.8) is 0 Å². The number of amides is 2. The van der Waals surface area contributed by atoms with E-state index in [1.807, 2.05) is 36.4 Å². The number of nitrogens with one attached hydrogen (secondary N) is 2. The van der Waals surface area contributed by atoms with E-state index in [1.54, 1.807) is 30.3 Å². The van der Waals surface area contributed by atoms with Crippen molar-refractivity contribution in [1.82, 2.24) is 5.32 Å². The molecule has 0 aromatic heterocycles. The first-order valence-electron chi connectivity index (χ1n) is 9.44. The standard InChI is InChI=1S/C23H22N2O4/c26-21(27)11-5-6-14-24-23(29)19-9-3-4-10-20(19)25-22(28)18-13-12-16-7-1-2-8-17(16)15-18/h1-4,7-10,12-13,15H,5-6,11,14H2,(H,24,29)(H,25,28)(H,26,27). The first kappa shape index (κ1) is 20.1. The number of anilines is 1. The molecule has 0 fully saturated rings. The molecule has 0 aliphatic carbocycles. The Balaban J connectivity index is 1.66. The van der Waals surface area contributed by atoms with E-state index >= 15 is 0 Å². The van der Waals surface area contributed by atoms with Crippen LogP contribution in [-0.4, -0.2) is 29.4 Å². The Kier molecular flexibility index (Phi) is 6.58. The van der Waals surface area contributed by atoms with Crippen LogP contribution >= 0.6 is 0 Å². The lowest BCUT2D eigenvalue weighted by Gasteiger charge is -2.12. The summed E-state index contributed by atoms with van der Waals surface area (Å²) in [4.78, 5) is 35.7. The zero-order chi connectivity index (χ0) is 20.6. The third-order valence-electron chi connectivity index (χ3n) is 4.53. The van der Waals surface area contributed by atoms with E-state index in [0.29, 0.717) is 36.2 Å². The van der Waals surface area contributed by atoms with Gasteiger partial charge in [0.1, 0.15) is 0 Å². The molecule has 0 bridgehead atoms. The van der Waals surface area contributed by atoms with Crippen molar-refractivity contribution >= 4 is 34.2 Å². The summed E-state index contributed by atoms with van der Waals surface area (Å²) in [6.45, 7) is 0.374. The van der Waals surface area contributed by atoms with Crippen molar-refractivity contribution in [3.8, 4) is 0 Å². The van der Waals surface area contributed by atoms with Gasteiger partial charge in [-0.2, -0.15) is 0 Å². The van der Waals surface area contributed by atoms with E-state index < -0.39 is 5.97 Å². The second-order valence-electron chi connectivity index (χ2n) is 6.67. The lowest BCUT2D eigenvalue weighted by molar-refractivity contribution is -0.137. The highest BCUT2D eigenvalue weighted by Gasteiger charge is 2.14. The summed E-state index contributed by atoms with van der Waals surface area (Å²) in [6.07, 6.45) is 1.15. The Morgan fingerprint density at radius 3 is 2.31 bits per heavy atom. The van der Waals surface area contributed by atoms with Gasteiger partial charge in [-0.1, -0.05) is 42.5 Å². The molecule has 3 aromatic carbocycles. The fraction of sp³-hybridized carbons (Fsp3) is 0.174. The van der Waals surface area contributed by atoms with E-state index in [-0.39, 0.29) is 18.2 Å². The molecule has 0 unspecified atom stereocenters. The fourth-order valence-electron chi connectivity index (χ4n) is 3.01. The first-order chi connectivity index (χ1) is 14.0. The highest BCUT2D eigenvalue weighted by molar-refractivity contribution is 6.10. The van der Waals surface area contributed by atoms with Crippen molar-refractivity contribution in [2.24, 2.45) is 0 Å². The molecule has 29 heavy (non-hydrogen) atoms. The average Bonchev–Trinajstić information content (AvgIpc) is 2.73. The molecule has 148 valence electrons. The molecule has 0 spiro atoms. The largest absolute Gasteiger partial charge is 0.481 e. The topological polar surface area (TPSA) is 95.5 Å². The third kappa shape index (κ3) is 5.42. The van der Waals surface area contributed by atoms with Crippen LogP contribution in [0.15, 0.2) is 66.7 Å². The summed E-state index contributed by atoms with van der Waals surface area (Å²) in [6, 6.07) is 20.0. The predicted octanol–water partition coefficient (Wildman–Crippen LogP) is 4.08. The number of carboxylic acid groups (broad SMARTS) is 1. The number of aliphatic carboxylic acids is 1. The number of carbonyl (C=O) groups excluding carboxylic acids is 2. The molecule has 0 atom stereocenters. The number of carbonyl (C=O) groups is 3. The third-order valence-corrected chi connectivity index (χ3v) is 4.53. The van der Waals surface area contributed by atoms with Crippen LogP contribution in [0.2, 0.25) is 0 Å². The second kappa shape index (κ2) is 9.50. The number of carboxylic acids is 1. The lowest BCUT2D eigenvalue weighted by atomic mass is 10.1. The fourth-order valence-corrected chi connectivity index (χ4v) is 3.01. The molecule has 0 saturated heterocycles. The van der Waals surface area contributed by atoms with Crippen LogP contribution < -0.4 is 10.6 Å². The molecule has 6 nitrogen and oxygen atoms in total. The molecule has 3 aromatic rings. The van der Waals surface area contributed by atoms with E-state index in [2.05, 4.69) is 10.6 Å². The molecular weight excluding hydrogens is 368 g/mol. The van der Waals surface area contributed by atoms with Crippen LogP contribution in [0.5, 0.6) is 0 Å². The summed E-state index contributed by atoms with van der Waals surface area (Å²) >= 11 is 0. The highest BCUT2D eigenvalue weighted by Crippen LogP contribution is 2.19. The molecule has 6 heteroatoms. The minimum atomic E-state index is -0.849. The van der Waals surface area contributed by atoms with E-state index in [0.717, 1.165) is 10.8 Å². The van der Waals surface area contributed by atoms with Gasteiger partial charge in [-0.3, -0.25) is 14.4 Å². The molecule has 3 N–H and O–H groups in total. The van der Waals surface area contributed by atoms with Gasteiger partial charge >= 0.3 is 5.97 Å². The number of benzene rings is 3. The van der Waals surface area contributed by atoms with Crippen LogP contribution in [0, 0.1) is 0 Å². The second-order valence-corrected chi connectivity index (χ2v) is 6.67. The Morgan fingerprint density at radius 2 is 1.52 bits per heavy atom. The first-order valence-corrected chi connectivity index (χ1v) is 9.44. The van der Waals surface area contributed by atoms with Crippen LogP contribution in [0.4, 0.5) is 5.69 Å². The van der Waals surface area contributed by atoms with Crippen LogP contribution in [0.25, 0.3) is 10.8 Å². The zero-order valence-electron chi connectivity index (χ0n) is 15.9. The van der Waals surface area contributed by atoms with Gasteiger partial charge < -0.3 is 15.7 Å². The van der Waals surface area contributed by atoms with Gasteiger partial charge in [0.05, 0.1) is 11.3 Å². The summed E-state index contributed by atoms with van der Waals surface area (Å²) < 4.78 is 0. The van der Waals surface area contributed by atoms with Gasteiger partial charge in [0.2, 0.25) is 0 Å². The predicted molar refractivity (Wildman–Crippen MR) is 112 cm³/mol. The van der Waals surface area contributed by atoms with E-state index in [4.69, 9.17) is 5.11 Å². The molecule has 0 saturated carbocycles. The van der Waals surface area contributed by atoms with E-state index in [1.165, 1.54) is 0 Å². The Labute approximate surface area is 168 Å². The van der Waals surface area contributed by atoms with Gasteiger partial charge in [0, 0.05) is 18.5 Å².